The van der Waals surface area contributed by atoms with Gasteiger partial charge >= 0.3 is 0 Å². The van der Waals surface area contributed by atoms with Crippen molar-refractivity contribution < 1.29 is 0 Å². The lowest BCUT2D eigenvalue weighted by molar-refractivity contribution is 0.661. The molecule has 8 aromatic carbocycles. The first-order valence-electron chi connectivity index (χ1n) is 19.8. The van der Waals surface area contributed by atoms with Crippen LogP contribution in [0.5, 0.6) is 0 Å². The van der Waals surface area contributed by atoms with Crippen molar-refractivity contribution in [3.63, 3.8) is 0 Å². The molecule has 3 nitrogen and oxygen atoms in total. The van der Waals surface area contributed by atoms with Crippen LogP contribution in [0.3, 0.4) is 0 Å². The smallest absolute Gasteiger partial charge is 0.0561 e. The van der Waals surface area contributed by atoms with Gasteiger partial charge in [0.05, 0.1) is 11.0 Å². The third kappa shape index (κ3) is 4.40. The van der Waals surface area contributed by atoms with Gasteiger partial charge in [-0.1, -0.05) is 117 Å². The Hall–Kier alpha value is -6.84. The van der Waals surface area contributed by atoms with Crippen LogP contribution in [0, 0.1) is 0 Å². The summed E-state index contributed by atoms with van der Waals surface area (Å²) in [6, 6.07) is 65.6. The molecule has 0 saturated heterocycles. The summed E-state index contributed by atoms with van der Waals surface area (Å²) in [5, 5.41) is 2.55. The van der Waals surface area contributed by atoms with Crippen LogP contribution >= 0.6 is 0 Å². The van der Waals surface area contributed by atoms with Crippen molar-refractivity contribution in [3.8, 4) is 16.8 Å². The highest BCUT2D eigenvalue weighted by Crippen LogP contribution is 2.54. The van der Waals surface area contributed by atoms with E-state index in [1.54, 1.807) is 0 Å². The maximum atomic E-state index is 2.50. The van der Waals surface area contributed by atoms with Crippen molar-refractivity contribution in [1.29, 1.82) is 0 Å². The van der Waals surface area contributed by atoms with E-state index in [0.29, 0.717) is 0 Å². The topological polar surface area (TPSA) is 11.4 Å². The molecule has 0 radical (unpaired) electrons. The molecule has 0 unspecified atom stereocenters. The van der Waals surface area contributed by atoms with E-state index < -0.39 is 0 Å². The molecule has 266 valence electrons. The predicted octanol–water partition coefficient (Wildman–Crippen LogP) is 13.8. The fourth-order valence-corrected chi connectivity index (χ4v) is 10.1. The molecule has 1 aromatic heterocycles. The molecule has 9 aromatic rings. The highest BCUT2D eigenvalue weighted by atomic mass is 15.2. The highest BCUT2D eigenvalue weighted by Gasteiger charge is 2.38. The van der Waals surface area contributed by atoms with Gasteiger partial charge in [0.1, 0.15) is 0 Å². The Kier molecular flexibility index (Phi) is 6.52. The molecule has 12 rings (SSSR count). The summed E-state index contributed by atoms with van der Waals surface area (Å²) < 4.78 is 2.48. The molecule has 0 spiro atoms. The Bertz CT molecular complexity index is 2990. The molecule has 0 atom stereocenters. The SMILES string of the molecule is CC1(C)c2cc(N3c4ccccc4Cc4ccccc43)ccc2-c2cc3c(cc21)c1ccc(N2c4ccccc4Cc4ccccc42)cc1n3-c1ccccc1. The van der Waals surface area contributed by atoms with E-state index in [9.17, 15) is 0 Å². The summed E-state index contributed by atoms with van der Waals surface area (Å²) in [5.74, 6) is 0. The molecule has 0 amide bonds. The number of nitrogens with zero attached hydrogens (tertiary/aromatic N) is 3. The van der Waals surface area contributed by atoms with Crippen LogP contribution in [0.1, 0.15) is 47.2 Å². The molecule has 3 heterocycles. The van der Waals surface area contributed by atoms with Gasteiger partial charge in [0, 0.05) is 68.8 Å². The van der Waals surface area contributed by atoms with E-state index in [1.165, 1.54) is 106 Å². The number of fused-ring (bicyclic) bond motifs is 10. The van der Waals surface area contributed by atoms with Crippen LogP contribution in [0.2, 0.25) is 0 Å². The third-order valence-corrected chi connectivity index (χ3v) is 12.8. The molecule has 0 bridgehead atoms. The van der Waals surface area contributed by atoms with Crippen LogP contribution < -0.4 is 9.80 Å². The Morgan fingerprint density at radius 2 is 0.839 bits per heavy atom. The zero-order valence-electron chi connectivity index (χ0n) is 31.5. The van der Waals surface area contributed by atoms with E-state index in [0.717, 1.165) is 12.8 Å². The van der Waals surface area contributed by atoms with Crippen LogP contribution in [0.25, 0.3) is 38.6 Å². The minimum Gasteiger partial charge on any atom is -0.310 e. The van der Waals surface area contributed by atoms with E-state index >= 15 is 0 Å². The maximum Gasteiger partial charge on any atom is 0.0561 e. The number of aromatic nitrogens is 1. The normalized spacial score (nSPS) is 14.5. The largest absolute Gasteiger partial charge is 0.310 e. The minimum absolute atomic E-state index is 0.188. The van der Waals surface area contributed by atoms with Crippen molar-refractivity contribution in [3.05, 3.63) is 209 Å². The van der Waals surface area contributed by atoms with Crippen LogP contribution in [0.4, 0.5) is 34.1 Å². The fourth-order valence-electron chi connectivity index (χ4n) is 10.1. The zero-order chi connectivity index (χ0) is 37.1. The monoisotopic (exact) mass is 717 g/mol. The summed E-state index contributed by atoms with van der Waals surface area (Å²) in [7, 11) is 0. The van der Waals surface area contributed by atoms with E-state index in [4.69, 9.17) is 0 Å². The van der Waals surface area contributed by atoms with Gasteiger partial charge in [-0.25, -0.2) is 0 Å². The molecular formula is C53H39N3. The average molecular weight is 718 g/mol. The highest BCUT2D eigenvalue weighted by molar-refractivity contribution is 6.12. The molecule has 0 fully saturated rings. The van der Waals surface area contributed by atoms with Gasteiger partial charge in [0.2, 0.25) is 0 Å². The van der Waals surface area contributed by atoms with Crippen molar-refractivity contribution in [2.75, 3.05) is 9.80 Å². The van der Waals surface area contributed by atoms with Gasteiger partial charge in [-0.3, -0.25) is 0 Å². The lowest BCUT2D eigenvalue weighted by Gasteiger charge is -2.34. The molecule has 2 aliphatic heterocycles. The van der Waals surface area contributed by atoms with Crippen molar-refractivity contribution in [1.82, 2.24) is 4.57 Å². The van der Waals surface area contributed by atoms with Crippen molar-refractivity contribution in [2.24, 2.45) is 0 Å². The predicted molar refractivity (Wildman–Crippen MR) is 233 cm³/mol. The lowest BCUT2D eigenvalue weighted by atomic mass is 9.81. The summed E-state index contributed by atoms with van der Waals surface area (Å²) in [5.41, 5.74) is 21.7. The van der Waals surface area contributed by atoms with E-state index in [2.05, 4.69) is 204 Å². The first-order valence-corrected chi connectivity index (χ1v) is 19.8. The van der Waals surface area contributed by atoms with Crippen LogP contribution in [-0.2, 0) is 18.3 Å². The first kappa shape index (κ1) is 31.5. The van der Waals surface area contributed by atoms with Crippen LogP contribution in [0.15, 0.2) is 176 Å². The molecule has 3 aliphatic rings. The second-order valence-corrected chi connectivity index (χ2v) is 16.2. The maximum absolute atomic E-state index is 2.50. The number of para-hydroxylation sites is 5. The molecule has 1 aliphatic carbocycles. The molecule has 3 heteroatoms. The number of hydrogen-bond acceptors (Lipinski definition) is 2. The minimum atomic E-state index is -0.188. The van der Waals surface area contributed by atoms with Gasteiger partial charge in [0.15, 0.2) is 0 Å². The summed E-state index contributed by atoms with van der Waals surface area (Å²) in [6.45, 7) is 4.82. The second kappa shape index (κ2) is 11.6. The van der Waals surface area contributed by atoms with Gasteiger partial charge in [0.25, 0.3) is 0 Å². The molecule has 0 saturated carbocycles. The third-order valence-electron chi connectivity index (χ3n) is 12.8. The summed E-state index contributed by atoms with van der Waals surface area (Å²) in [6.07, 6.45) is 1.90. The number of anilines is 6. The Labute approximate surface area is 327 Å². The van der Waals surface area contributed by atoms with Gasteiger partial charge in [-0.05, 0) is 117 Å². The Balaban J connectivity index is 1.06. The summed E-state index contributed by atoms with van der Waals surface area (Å²) >= 11 is 0. The first-order chi connectivity index (χ1) is 27.5. The Morgan fingerprint density at radius 3 is 1.41 bits per heavy atom. The summed E-state index contributed by atoms with van der Waals surface area (Å²) in [4.78, 5) is 4.92. The zero-order valence-corrected chi connectivity index (χ0v) is 31.5. The van der Waals surface area contributed by atoms with Gasteiger partial charge in [-0.2, -0.15) is 0 Å². The van der Waals surface area contributed by atoms with E-state index in [-0.39, 0.29) is 5.41 Å². The molecule has 56 heavy (non-hydrogen) atoms. The number of hydrogen-bond donors (Lipinski definition) is 0. The Morgan fingerprint density at radius 1 is 0.375 bits per heavy atom. The lowest BCUT2D eigenvalue weighted by Crippen LogP contribution is -2.20. The fraction of sp³-hybridized carbons (Fsp3) is 0.0943. The quantitative estimate of drug-likeness (QED) is 0.180. The second-order valence-electron chi connectivity index (χ2n) is 16.2. The average Bonchev–Trinajstić information content (AvgIpc) is 3.67. The number of rotatable bonds is 3. The standard InChI is InChI=1S/C53H39N3/c1-53(2)45-30-39(55-47-20-10-6-14-34(47)28-35-15-7-11-21-48(35)55)24-26-41(45)43-33-52-44(32-46(43)53)42-27-25-40(31-51(42)54(52)38-18-4-3-5-19-38)56-49-22-12-8-16-36(49)29-37-17-9-13-23-50(37)56/h3-27,30-33H,28-29H2,1-2H3. The number of benzene rings is 8. The van der Waals surface area contributed by atoms with Gasteiger partial charge < -0.3 is 14.4 Å². The van der Waals surface area contributed by atoms with Crippen molar-refractivity contribution in [2.45, 2.75) is 32.1 Å². The van der Waals surface area contributed by atoms with Crippen molar-refractivity contribution >= 4 is 55.9 Å². The van der Waals surface area contributed by atoms with E-state index in [1.807, 2.05) is 0 Å². The molecular weight excluding hydrogens is 679 g/mol. The van der Waals surface area contributed by atoms with Crippen LogP contribution in [-0.4, -0.2) is 4.57 Å². The molecule has 0 N–H and O–H groups in total. The van der Waals surface area contributed by atoms with Gasteiger partial charge in [-0.15, -0.1) is 0 Å².